The maximum Gasteiger partial charge on any atom is 0.240 e. The van der Waals surface area contributed by atoms with E-state index in [-0.39, 0.29) is 35.7 Å². The van der Waals surface area contributed by atoms with Gasteiger partial charge in [0.2, 0.25) is 10.0 Å². The van der Waals surface area contributed by atoms with Crippen LogP contribution in [-0.2, 0) is 21.3 Å². The summed E-state index contributed by atoms with van der Waals surface area (Å²) >= 11 is 5.81. The highest BCUT2D eigenvalue weighted by molar-refractivity contribution is 7.89. The zero-order valence-electron chi connectivity index (χ0n) is 12.2. The van der Waals surface area contributed by atoms with E-state index in [1.54, 1.807) is 7.05 Å². The van der Waals surface area contributed by atoms with Crippen molar-refractivity contribution in [2.24, 2.45) is 0 Å². The van der Waals surface area contributed by atoms with Crippen molar-refractivity contribution in [3.8, 4) is 0 Å². The predicted octanol–water partition coefficient (Wildman–Crippen LogP) is 1.90. The molecule has 0 fully saturated rings. The molecule has 0 radical (unpaired) electrons. The van der Waals surface area contributed by atoms with Crippen molar-refractivity contribution in [1.82, 2.24) is 10.0 Å². The maximum absolute atomic E-state index is 13.7. The molecule has 0 saturated heterocycles. The molecule has 120 valence electrons. The van der Waals surface area contributed by atoms with Gasteiger partial charge >= 0.3 is 0 Å². The normalized spacial score (nSPS) is 12.1. The van der Waals surface area contributed by atoms with Crippen molar-refractivity contribution in [1.29, 1.82) is 0 Å². The van der Waals surface area contributed by atoms with Gasteiger partial charge in [-0.1, -0.05) is 11.6 Å². The van der Waals surface area contributed by atoms with E-state index >= 15 is 0 Å². The van der Waals surface area contributed by atoms with Crippen molar-refractivity contribution >= 4 is 21.6 Å². The molecule has 8 heteroatoms. The Morgan fingerprint density at radius 1 is 1.38 bits per heavy atom. The van der Waals surface area contributed by atoms with Crippen LogP contribution < -0.4 is 10.0 Å². The Kier molecular flexibility index (Phi) is 7.02. The highest BCUT2D eigenvalue weighted by Crippen LogP contribution is 2.24. The van der Waals surface area contributed by atoms with Gasteiger partial charge in [0.15, 0.2) is 0 Å². The van der Waals surface area contributed by atoms with Crippen molar-refractivity contribution in [3.63, 3.8) is 0 Å². The zero-order valence-corrected chi connectivity index (χ0v) is 13.8. The Hall–Kier alpha value is -0.730. The fourth-order valence-electron chi connectivity index (χ4n) is 1.65. The van der Waals surface area contributed by atoms with Gasteiger partial charge in [0.25, 0.3) is 0 Å². The van der Waals surface area contributed by atoms with Crippen molar-refractivity contribution in [3.05, 3.63) is 28.5 Å². The summed E-state index contributed by atoms with van der Waals surface area (Å²) in [6.07, 6.45) is 0.0183. The highest BCUT2D eigenvalue weighted by atomic mass is 35.5. The van der Waals surface area contributed by atoms with Crippen molar-refractivity contribution < 1.29 is 17.5 Å². The van der Waals surface area contributed by atoms with Crippen LogP contribution in [0.2, 0.25) is 5.02 Å². The van der Waals surface area contributed by atoms with E-state index in [4.69, 9.17) is 16.3 Å². The Morgan fingerprint density at radius 3 is 2.62 bits per heavy atom. The number of halogens is 2. The molecule has 0 spiro atoms. The average molecular weight is 339 g/mol. The summed E-state index contributed by atoms with van der Waals surface area (Å²) in [6, 6.07) is 2.26. The molecule has 0 amide bonds. The van der Waals surface area contributed by atoms with Crippen LogP contribution in [0, 0.1) is 5.82 Å². The van der Waals surface area contributed by atoms with Crippen LogP contribution in [0.1, 0.15) is 19.4 Å². The lowest BCUT2D eigenvalue weighted by Crippen LogP contribution is -2.28. The first-order valence-electron chi connectivity index (χ1n) is 6.51. The zero-order chi connectivity index (χ0) is 16.0. The van der Waals surface area contributed by atoms with Crippen molar-refractivity contribution in [2.45, 2.75) is 31.4 Å². The second-order valence-electron chi connectivity index (χ2n) is 4.73. The highest BCUT2D eigenvalue weighted by Gasteiger charge is 2.18. The Bertz CT molecular complexity index is 579. The van der Waals surface area contributed by atoms with Crippen LogP contribution in [0.25, 0.3) is 0 Å². The molecule has 0 aromatic heterocycles. The van der Waals surface area contributed by atoms with Gasteiger partial charge in [0.05, 0.1) is 22.6 Å². The molecule has 1 rings (SSSR count). The standard InChI is InChI=1S/C13H20ClFN2O3S/c1-9(2)20-5-4-17-21(18,19)11-6-10(8-16-3)13(14)12(15)7-11/h6-7,9,16-17H,4-5,8H2,1-3H3. The van der Waals surface area contributed by atoms with Crippen LogP contribution in [0.5, 0.6) is 0 Å². The molecule has 0 saturated carbocycles. The smallest absolute Gasteiger partial charge is 0.240 e. The summed E-state index contributed by atoms with van der Waals surface area (Å²) in [4.78, 5) is -0.154. The second-order valence-corrected chi connectivity index (χ2v) is 6.87. The summed E-state index contributed by atoms with van der Waals surface area (Å²) < 4.78 is 45.5. The van der Waals surface area contributed by atoms with E-state index in [9.17, 15) is 12.8 Å². The minimum absolute atomic E-state index is 0.0183. The summed E-state index contributed by atoms with van der Waals surface area (Å²) in [5, 5.41) is 2.73. The molecule has 0 heterocycles. The number of ether oxygens (including phenoxy) is 1. The summed E-state index contributed by atoms with van der Waals surface area (Å²) in [5.41, 5.74) is 0.387. The lowest BCUT2D eigenvalue weighted by molar-refractivity contribution is 0.0834. The largest absolute Gasteiger partial charge is 0.377 e. The third-order valence-electron chi connectivity index (χ3n) is 2.60. The van der Waals surface area contributed by atoms with Gasteiger partial charge in [-0.2, -0.15) is 0 Å². The fourth-order valence-corrected chi connectivity index (χ4v) is 2.90. The third kappa shape index (κ3) is 5.52. The Labute approximate surface area is 129 Å². The molecule has 5 nitrogen and oxygen atoms in total. The third-order valence-corrected chi connectivity index (χ3v) is 4.46. The molecule has 0 aliphatic heterocycles. The molecule has 2 N–H and O–H groups in total. The van der Waals surface area contributed by atoms with E-state index in [1.165, 1.54) is 6.07 Å². The lowest BCUT2D eigenvalue weighted by atomic mass is 10.2. The summed E-state index contributed by atoms with van der Waals surface area (Å²) in [7, 11) is -2.13. The molecular formula is C13H20ClFN2O3S. The lowest BCUT2D eigenvalue weighted by Gasteiger charge is -2.11. The number of hydrogen-bond acceptors (Lipinski definition) is 4. The van der Waals surface area contributed by atoms with E-state index in [0.717, 1.165) is 6.07 Å². The molecular weight excluding hydrogens is 319 g/mol. The number of hydrogen-bond donors (Lipinski definition) is 2. The number of sulfonamides is 1. The molecule has 0 aliphatic carbocycles. The molecule has 0 bridgehead atoms. The Morgan fingerprint density at radius 2 is 2.05 bits per heavy atom. The molecule has 1 aromatic rings. The number of nitrogens with one attached hydrogen (secondary N) is 2. The van der Waals surface area contributed by atoms with Gasteiger partial charge in [-0.15, -0.1) is 0 Å². The first-order valence-corrected chi connectivity index (χ1v) is 8.38. The van der Waals surface area contributed by atoms with Crippen LogP contribution in [0.15, 0.2) is 17.0 Å². The minimum atomic E-state index is -3.79. The van der Waals surface area contributed by atoms with Crippen LogP contribution in [0.4, 0.5) is 4.39 Å². The SMILES string of the molecule is CNCc1cc(S(=O)(=O)NCCOC(C)C)cc(F)c1Cl. The van der Waals surface area contributed by atoms with Crippen LogP contribution in [0.3, 0.4) is 0 Å². The van der Waals surface area contributed by atoms with E-state index in [0.29, 0.717) is 5.56 Å². The molecule has 0 atom stereocenters. The summed E-state index contributed by atoms with van der Waals surface area (Å²) in [5.74, 6) is -0.761. The second kappa shape index (κ2) is 8.05. The topological polar surface area (TPSA) is 67.4 Å². The molecule has 0 unspecified atom stereocenters. The van der Waals surface area contributed by atoms with E-state index in [2.05, 4.69) is 10.0 Å². The Balaban J connectivity index is 2.87. The molecule has 1 aromatic carbocycles. The average Bonchev–Trinajstić information content (AvgIpc) is 2.39. The number of rotatable bonds is 8. The van der Waals surface area contributed by atoms with E-state index < -0.39 is 15.8 Å². The first-order chi connectivity index (χ1) is 9.77. The monoisotopic (exact) mass is 338 g/mol. The maximum atomic E-state index is 13.7. The van der Waals surface area contributed by atoms with Crippen molar-refractivity contribution in [2.75, 3.05) is 20.2 Å². The van der Waals surface area contributed by atoms with Crippen LogP contribution >= 0.6 is 11.6 Å². The summed E-state index contributed by atoms with van der Waals surface area (Å²) in [6.45, 7) is 4.35. The van der Waals surface area contributed by atoms with Gasteiger partial charge < -0.3 is 10.1 Å². The molecule has 0 aliphatic rings. The van der Waals surface area contributed by atoms with Gasteiger partial charge in [-0.05, 0) is 38.6 Å². The number of benzene rings is 1. The molecule has 21 heavy (non-hydrogen) atoms. The van der Waals surface area contributed by atoms with Gasteiger partial charge in [-0.3, -0.25) is 0 Å². The predicted molar refractivity (Wildman–Crippen MR) is 80.5 cm³/mol. The van der Waals surface area contributed by atoms with Gasteiger partial charge in [-0.25, -0.2) is 17.5 Å². The van der Waals surface area contributed by atoms with Gasteiger partial charge in [0.1, 0.15) is 5.82 Å². The van der Waals surface area contributed by atoms with Crippen LogP contribution in [-0.4, -0.2) is 34.7 Å². The first kappa shape index (κ1) is 18.3. The minimum Gasteiger partial charge on any atom is -0.377 e. The quantitative estimate of drug-likeness (QED) is 0.710. The van der Waals surface area contributed by atoms with E-state index in [1.807, 2.05) is 13.8 Å². The van der Waals surface area contributed by atoms with Gasteiger partial charge in [0, 0.05) is 13.1 Å². The fraction of sp³-hybridized carbons (Fsp3) is 0.538.